The first-order valence-corrected chi connectivity index (χ1v) is 9.65. The van der Waals surface area contributed by atoms with E-state index >= 15 is 0 Å². The van der Waals surface area contributed by atoms with Gasteiger partial charge in [0.1, 0.15) is 12.4 Å². The molecule has 2 N–H and O–H groups in total. The van der Waals surface area contributed by atoms with Crippen molar-refractivity contribution in [3.8, 4) is 5.75 Å². The summed E-state index contributed by atoms with van der Waals surface area (Å²) in [6.45, 7) is 3.76. The number of anilines is 2. The normalized spacial score (nSPS) is 11.5. The zero-order chi connectivity index (χ0) is 20.5. The quantitative estimate of drug-likeness (QED) is 0.583. The molecule has 0 saturated carbocycles. The smallest absolute Gasteiger partial charge is 0.319 e. The van der Waals surface area contributed by atoms with Gasteiger partial charge in [0.2, 0.25) is 0 Å². The van der Waals surface area contributed by atoms with Crippen LogP contribution in [0.1, 0.15) is 6.92 Å². The third-order valence-electron chi connectivity index (χ3n) is 4.62. The Morgan fingerprint density at radius 1 is 1.17 bits per heavy atom. The van der Waals surface area contributed by atoms with E-state index in [1.54, 1.807) is 6.20 Å². The number of amides is 2. The van der Waals surface area contributed by atoms with Crippen LogP contribution >= 0.6 is 0 Å². The maximum Gasteiger partial charge on any atom is 0.319 e. The van der Waals surface area contributed by atoms with Crippen LogP contribution in [-0.2, 0) is 6.54 Å². The lowest BCUT2D eigenvalue weighted by Gasteiger charge is -2.27. The van der Waals surface area contributed by atoms with Crippen LogP contribution in [0.3, 0.4) is 0 Å². The van der Waals surface area contributed by atoms with Crippen molar-refractivity contribution in [1.29, 1.82) is 0 Å². The Morgan fingerprint density at radius 2 is 2.00 bits per heavy atom. The highest BCUT2D eigenvalue weighted by Gasteiger charge is 2.11. The van der Waals surface area contributed by atoms with Crippen LogP contribution in [0.15, 0.2) is 73.1 Å². The summed E-state index contributed by atoms with van der Waals surface area (Å²) in [6.07, 6.45) is 3.63. The SMILES string of the molecule is CC(CNC(=O)Nc1cccc(OCCn2cccn2)c1)N(C)c1ccccc1. The van der Waals surface area contributed by atoms with Crippen LogP contribution in [0.25, 0.3) is 0 Å². The summed E-state index contributed by atoms with van der Waals surface area (Å²) in [5, 5.41) is 9.91. The number of aromatic nitrogens is 2. The summed E-state index contributed by atoms with van der Waals surface area (Å²) in [6, 6.07) is 19.2. The Labute approximate surface area is 171 Å². The van der Waals surface area contributed by atoms with Crippen molar-refractivity contribution >= 4 is 17.4 Å². The maximum atomic E-state index is 12.3. The molecule has 1 heterocycles. The van der Waals surface area contributed by atoms with E-state index in [0.717, 1.165) is 5.69 Å². The van der Waals surface area contributed by atoms with Gasteiger partial charge in [0.05, 0.1) is 6.54 Å². The minimum absolute atomic E-state index is 0.153. The first kappa shape index (κ1) is 20.3. The number of benzene rings is 2. The van der Waals surface area contributed by atoms with Crippen molar-refractivity contribution in [2.45, 2.75) is 19.5 Å². The number of nitrogens with zero attached hydrogens (tertiary/aromatic N) is 3. The minimum atomic E-state index is -0.244. The standard InChI is InChI=1S/C22H27N5O2/c1-18(26(2)20-9-4-3-5-10-20)17-23-22(28)25-19-8-6-11-21(16-19)29-15-14-27-13-7-12-24-27/h3-13,16,18H,14-15,17H2,1-2H3,(H2,23,25,28). The fraction of sp³-hybridized carbons (Fsp3) is 0.273. The molecule has 1 atom stereocenters. The number of urea groups is 1. The molecule has 0 fully saturated rings. The Bertz CT molecular complexity index is 883. The van der Waals surface area contributed by atoms with Crippen molar-refractivity contribution in [2.24, 2.45) is 0 Å². The first-order chi connectivity index (χ1) is 14.1. The molecule has 152 valence electrons. The van der Waals surface area contributed by atoms with Crippen LogP contribution in [0.5, 0.6) is 5.75 Å². The largest absolute Gasteiger partial charge is 0.492 e. The Balaban J connectivity index is 1.44. The van der Waals surface area contributed by atoms with E-state index in [4.69, 9.17) is 4.74 Å². The predicted molar refractivity (Wildman–Crippen MR) is 115 cm³/mol. The third kappa shape index (κ3) is 6.27. The number of carbonyl (C=O) groups excluding carboxylic acids is 1. The molecule has 3 aromatic rings. The van der Waals surface area contributed by atoms with Crippen molar-refractivity contribution < 1.29 is 9.53 Å². The van der Waals surface area contributed by atoms with Gasteiger partial charge in [-0.3, -0.25) is 4.68 Å². The molecule has 3 rings (SSSR count). The number of ether oxygens (including phenoxy) is 1. The van der Waals surface area contributed by atoms with Gasteiger partial charge >= 0.3 is 6.03 Å². The lowest BCUT2D eigenvalue weighted by atomic mass is 10.2. The number of hydrogen-bond donors (Lipinski definition) is 2. The van der Waals surface area contributed by atoms with E-state index in [9.17, 15) is 4.79 Å². The van der Waals surface area contributed by atoms with Crippen molar-refractivity contribution in [3.63, 3.8) is 0 Å². The highest BCUT2D eigenvalue weighted by atomic mass is 16.5. The van der Waals surface area contributed by atoms with Crippen molar-refractivity contribution in [3.05, 3.63) is 73.1 Å². The summed E-state index contributed by atoms with van der Waals surface area (Å²) in [5.74, 6) is 0.701. The monoisotopic (exact) mass is 393 g/mol. The number of carbonyl (C=O) groups is 1. The van der Waals surface area contributed by atoms with Gasteiger partial charge in [0.25, 0.3) is 0 Å². The van der Waals surface area contributed by atoms with Crippen molar-refractivity contribution in [1.82, 2.24) is 15.1 Å². The fourth-order valence-corrected chi connectivity index (χ4v) is 2.82. The maximum absolute atomic E-state index is 12.3. The van der Waals surface area contributed by atoms with Crippen LogP contribution in [0.4, 0.5) is 16.2 Å². The van der Waals surface area contributed by atoms with E-state index in [1.807, 2.05) is 66.5 Å². The summed E-state index contributed by atoms with van der Waals surface area (Å²) in [4.78, 5) is 14.4. The van der Waals surface area contributed by atoms with Gasteiger partial charge in [-0.2, -0.15) is 5.10 Å². The molecular weight excluding hydrogens is 366 g/mol. The zero-order valence-corrected chi connectivity index (χ0v) is 16.8. The second-order valence-corrected chi connectivity index (χ2v) is 6.78. The van der Waals surface area contributed by atoms with E-state index in [0.29, 0.717) is 31.1 Å². The predicted octanol–water partition coefficient (Wildman–Crippen LogP) is 3.61. The number of rotatable bonds is 9. The average molecular weight is 393 g/mol. The number of likely N-dealkylation sites (N-methyl/N-ethyl adjacent to an activating group) is 1. The summed E-state index contributed by atoms with van der Waals surface area (Å²) in [7, 11) is 2.02. The van der Waals surface area contributed by atoms with Gasteiger partial charge in [-0.15, -0.1) is 0 Å². The van der Waals surface area contributed by atoms with Gasteiger partial charge < -0.3 is 20.3 Å². The Morgan fingerprint density at radius 3 is 2.76 bits per heavy atom. The lowest BCUT2D eigenvalue weighted by Crippen LogP contribution is -2.41. The lowest BCUT2D eigenvalue weighted by molar-refractivity contribution is 0.251. The fourth-order valence-electron chi connectivity index (χ4n) is 2.82. The number of nitrogens with one attached hydrogen (secondary N) is 2. The molecule has 1 aromatic heterocycles. The first-order valence-electron chi connectivity index (χ1n) is 9.65. The third-order valence-corrected chi connectivity index (χ3v) is 4.62. The zero-order valence-electron chi connectivity index (χ0n) is 16.8. The summed E-state index contributed by atoms with van der Waals surface area (Å²) < 4.78 is 7.55. The molecule has 7 nitrogen and oxygen atoms in total. The highest BCUT2D eigenvalue weighted by molar-refractivity contribution is 5.89. The summed E-state index contributed by atoms with van der Waals surface area (Å²) >= 11 is 0. The second kappa shape index (κ2) is 10.2. The highest BCUT2D eigenvalue weighted by Crippen LogP contribution is 2.17. The van der Waals surface area contributed by atoms with Gasteiger partial charge in [-0.05, 0) is 37.3 Å². The molecule has 0 aliphatic carbocycles. The van der Waals surface area contributed by atoms with Gasteiger partial charge in [-0.25, -0.2) is 4.79 Å². The van der Waals surface area contributed by atoms with E-state index in [-0.39, 0.29) is 12.1 Å². The van der Waals surface area contributed by atoms with Crippen LogP contribution in [0.2, 0.25) is 0 Å². The number of para-hydroxylation sites is 1. The molecule has 2 amide bonds. The molecule has 29 heavy (non-hydrogen) atoms. The minimum Gasteiger partial charge on any atom is -0.492 e. The molecule has 0 aliphatic rings. The van der Waals surface area contributed by atoms with Crippen LogP contribution in [0, 0.1) is 0 Å². The van der Waals surface area contributed by atoms with E-state index in [1.165, 1.54) is 0 Å². The van der Waals surface area contributed by atoms with Crippen LogP contribution < -0.4 is 20.3 Å². The van der Waals surface area contributed by atoms with Crippen molar-refractivity contribution in [2.75, 3.05) is 30.4 Å². The van der Waals surface area contributed by atoms with Crippen LogP contribution in [-0.4, -0.2) is 42.1 Å². The molecular formula is C22H27N5O2. The second-order valence-electron chi connectivity index (χ2n) is 6.78. The topological polar surface area (TPSA) is 71.4 Å². The van der Waals surface area contributed by atoms with Gasteiger partial charge in [0.15, 0.2) is 0 Å². The molecule has 2 aromatic carbocycles. The van der Waals surface area contributed by atoms with E-state index < -0.39 is 0 Å². The summed E-state index contributed by atoms with van der Waals surface area (Å²) in [5.41, 5.74) is 1.80. The van der Waals surface area contributed by atoms with Gasteiger partial charge in [0, 0.05) is 49.5 Å². The molecule has 0 saturated heterocycles. The molecule has 0 bridgehead atoms. The Kier molecular flexibility index (Phi) is 7.10. The van der Waals surface area contributed by atoms with Gasteiger partial charge in [-0.1, -0.05) is 24.3 Å². The Hall–Kier alpha value is -3.48. The number of hydrogen-bond acceptors (Lipinski definition) is 4. The molecule has 0 spiro atoms. The molecule has 0 aliphatic heterocycles. The molecule has 7 heteroatoms. The van der Waals surface area contributed by atoms with E-state index in [2.05, 4.69) is 39.7 Å². The average Bonchev–Trinajstić information content (AvgIpc) is 3.26. The molecule has 1 unspecified atom stereocenters. The molecule has 0 radical (unpaired) electrons.